The maximum absolute atomic E-state index is 12.7. The van der Waals surface area contributed by atoms with Gasteiger partial charge in [0.05, 0.1) is 0 Å². The first-order valence-corrected chi connectivity index (χ1v) is 25.7. The van der Waals surface area contributed by atoms with E-state index < -0.39 is 6.10 Å². The summed E-state index contributed by atoms with van der Waals surface area (Å²) in [6, 6.07) is 0. The van der Waals surface area contributed by atoms with Gasteiger partial charge < -0.3 is 14.2 Å². The maximum Gasteiger partial charge on any atom is 0.306 e. The fraction of sp³-hybridized carbons (Fsp3) is 0.942. The largest absolute Gasteiger partial charge is 0.462 e. The number of carbonyl (C=O) groups is 3. The molecule has 6 nitrogen and oxygen atoms in total. The third kappa shape index (κ3) is 45.5. The molecule has 0 aromatic rings. The Morgan fingerprint density at radius 3 is 0.845 bits per heavy atom. The number of esters is 3. The summed E-state index contributed by atoms with van der Waals surface area (Å²) in [4.78, 5) is 37.9. The lowest BCUT2D eigenvalue weighted by Crippen LogP contribution is -2.30. The van der Waals surface area contributed by atoms with Crippen molar-refractivity contribution in [2.45, 2.75) is 291 Å². The molecular formula is C52H100O6. The van der Waals surface area contributed by atoms with Gasteiger partial charge in [-0.25, -0.2) is 0 Å². The summed E-state index contributed by atoms with van der Waals surface area (Å²) in [6.45, 7) is 11.3. The predicted molar refractivity (Wildman–Crippen MR) is 247 cm³/mol. The van der Waals surface area contributed by atoms with Crippen molar-refractivity contribution in [1.29, 1.82) is 0 Å². The van der Waals surface area contributed by atoms with Crippen molar-refractivity contribution in [3.8, 4) is 0 Å². The van der Waals surface area contributed by atoms with Gasteiger partial charge in [0.15, 0.2) is 6.10 Å². The number of rotatable bonds is 46. The summed E-state index contributed by atoms with van der Waals surface area (Å²) >= 11 is 0. The zero-order chi connectivity index (χ0) is 42.6. The van der Waals surface area contributed by atoms with Crippen LogP contribution in [0.2, 0.25) is 0 Å². The minimum atomic E-state index is -0.761. The fourth-order valence-electron chi connectivity index (χ4n) is 7.81. The quantitative estimate of drug-likeness (QED) is 0.0346. The van der Waals surface area contributed by atoms with E-state index in [1.165, 1.54) is 173 Å². The normalized spacial score (nSPS) is 12.1. The van der Waals surface area contributed by atoms with Crippen LogP contribution in [-0.2, 0) is 28.6 Å². The molecule has 0 N–H and O–H groups in total. The minimum Gasteiger partial charge on any atom is -0.462 e. The molecule has 0 heterocycles. The summed E-state index contributed by atoms with van der Waals surface area (Å²) < 4.78 is 16.8. The maximum atomic E-state index is 12.7. The van der Waals surface area contributed by atoms with Crippen molar-refractivity contribution in [2.75, 3.05) is 13.2 Å². The highest BCUT2D eigenvalue weighted by atomic mass is 16.6. The van der Waals surface area contributed by atoms with Crippen molar-refractivity contribution < 1.29 is 28.6 Å². The lowest BCUT2D eigenvalue weighted by Gasteiger charge is -2.18. The molecule has 0 rings (SSSR count). The van der Waals surface area contributed by atoms with Gasteiger partial charge in [0.1, 0.15) is 13.2 Å². The van der Waals surface area contributed by atoms with Crippen molar-refractivity contribution in [1.82, 2.24) is 0 Å². The predicted octanol–water partition coefficient (Wildman–Crippen LogP) is 16.5. The first-order chi connectivity index (χ1) is 28.2. The molecule has 0 aliphatic heterocycles. The SMILES string of the molecule is CCCCCCCCCCCCCCC(=O)OC[C@@H](COC(=O)CCCCCCCCCCCCCCCCC(C)C)OC(=O)CCCCCCCCCCC(C)C. The molecule has 0 saturated heterocycles. The molecule has 0 aromatic heterocycles. The van der Waals surface area contributed by atoms with E-state index in [-0.39, 0.29) is 31.1 Å². The van der Waals surface area contributed by atoms with Gasteiger partial charge in [0.25, 0.3) is 0 Å². The van der Waals surface area contributed by atoms with E-state index in [1.807, 2.05) is 0 Å². The van der Waals surface area contributed by atoms with E-state index in [2.05, 4.69) is 34.6 Å². The summed E-state index contributed by atoms with van der Waals surface area (Å²) in [5.74, 6) is 0.788. The molecule has 0 unspecified atom stereocenters. The highest BCUT2D eigenvalue weighted by molar-refractivity contribution is 5.71. The number of hydrogen-bond donors (Lipinski definition) is 0. The number of carbonyl (C=O) groups excluding carboxylic acids is 3. The second-order valence-corrected chi connectivity index (χ2v) is 18.8. The first-order valence-electron chi connectivity index (χ1n) is 25.7. The van der Waals surface area contributed by atoms with Gasteiger partial charge in [-0.05, 0) is 31.1 Å². The molecule has 0 spiro atoms. The Hall–Kier alpha value is -1.59. The number of ether oxygens (including phenoxy) is 3. The van der Waals surface area contributed by atoms with Crippen LogP contribution in [0, 0.1) is 11.8 Å². The third-order valence-electron chi connectivity index (χ3n) is 11.7. The van der Waals surface area contributed by atoms with Crippen LogP contribution in [0.3, 0.4) is 0 Å². The van der Waals surface area contributed by atoms with E-state index in [9.17, 15) is 14.4 Å². The van der Waals surface area contributed by atoms with Crippen LogP contribution in [0.1, 0.15) is 285 Å². The second kappa shape index (κ2) is 44.9. The molecule has 58 heavy (non-hydrogen) atoms. The van der Waals surface area contributed by atoms with Crippen LogP contribution in [0.15, 0.2) is 0 Å². The van der Waals surface area contributed by atoms with Crippen molar-refractivity contribution in [2.24, 2.45) is 11.8 Å². The number of unbranched alkanes of at least 4 members (excludes halogenated alkanes) is 31. The van der Waals surface area contributed by atoms with Crippen LogP contribution < -0.4 is 0 Å². The van der Waals surface area contributed by atoms with E-state index in [1.54, 1.807) is 0 Å². The minimum absolute atomic E-state index is 0.0641. The topological polar surface area (TPSA) is 78.9 Å². The zero-order valence-electron chi connectivity index (χ0n) is 39.7. The van der Waals surface area contributed by atoms with Crippen molar-refractivity contribution in [3.63, 3.8) is 0 Å². The van der Waals surface area contributed by atoms with Crippen LogP contribution >= 0.6 is 0 Å². The van der Waals surface area contributed by atoms with Gasteiger partial charge in [-0.1, -0.05) is 247 Å². The molecule has 6 heteroatoms. The van der Waals surface area contributed by atoms with Crippen molar-refractivity contribution >= 4 is 17.9 Å². The average molecular weight is 821 g/mol. The van der Waals surface area contributed by atoms with Crippen LogP contribution in [-0.4, -0.2) is 37.2 Å². The summed E-state index contributed by atoms with van der Waals surface area (Å²) in [6.07, 6.45) is 45.2. The molecule has 0 aromatic carbocycles. The zero-order valence-corrected chi connectivity index (χ0v) is 39.7. The lowest BCUT2D eigenvalue weighted by molar-refractivity contribution is -0.167. The van der Waals surface area contributed by atoms with Gasteiger partial charge in [0, 0.05) is 19.3 Å². The van der Waals surface area contributed by atoms with E-state index >= 15 is 0 Å². The Bertz CT molecular complexity index is 885. The second-order valence-electron chi connectivity index (χ2n) is 18.8. The first kappa shape index (κ1) is 56.4. The average Bonchev–Trinajstić information content (AvgIpc) is 3.19. The highest BCUT2D eigenvalue weighted by Gasteiger charge is 2.19. The Morgan fingerprint density at radius 1 is 0.328 bits per heavy atom. The van der Waals surface area contributed by atoms with E-state index in [4.69, 9.17) is 14.2 Å². The monoisotopic (exact) mass is 821 g/mol. The van der Waals surface area contributed by atoms with E-state index in [0.29, 0.717) is 19.3 Å². The molecule has 0 saturated carbocycles. The molecular weight excluding hydrogens is 721 g/mol. The van der Waals surface area contributed by atoms with Crippen molar-refractivity contribution in [3.05, 3.63) is 0 Å². The molecule has 1 atom stereocenters. The molecule has 0 aliphatic carbocycles. The van der Waals surface area contributed by atoms with Crippen LogP contribution in [0.25, 0.3) is 0 Å². The van der Waals surface area contributed by atoms with Gasteiger partial charge in [-0.3, -0.25) is 14.4 Å². The fourth-order valence-corrected chi connectivity index (χ4v) is 7.81. The molecule has 0 amide bonds. The van der Waals surface area contributed by atoms with Gasteiger partial charge in [-0.15, -0.1) is 0 Å². The molecule has 0 fully saturated rings. The molecule has 0 aliphatic rings. The summed E-state index contributed by atoms with van der Waals surface area (Å²) in [5, 5.41) is 0. The standard InChI is InChI=1S/C52H100O6/c1-6-7-8-9-10-11-12-18-21-27-32-37-42-50(53)56-45-49(58-52(55)44-39-34-29-24-23-26-31-36-41-48(4)5)46-57-51(54)43-38-33-28-22-19-16-14-13-15-17-20-25-30-35-40-47(2)3/h47-49H,6-46H2,1-5H3/t49-/m0/s1. The van der Waals surface area contributed by atoms with Crippen LogP contribution in [0.4, 0.5) is 0 Å². The lowest BCUT2D eigenvalue weighted by atomic mass is 10.0. The van der Waals surface area contributed by atoms with E-state index in [0.717, 1.165) is 69.6 Å². The third-order valence-corrected chi connectivity index (χ3v) is 11.7. The highest BCUT2D eigenvalue weighted by Crippen LogP contribution is 2.17. The summed E-state index contributed by atoms with van der Waals surface area (Å²) in [5.41, 5.74) is 0. The molecule has 344 valence electrons. The Labute approximate surface area is 361 Å². The molecule has 0 bridgehead atoms. The Balaban J connectivity index is 4.27. The van der Waals surface area contributed by atoms with Crippen LogP contribution in [0.5, 0.6) is 0 Å². The Kier molecular flexibility index (Phi) is 43.7. The molecule has 0 radical (unpaired) electrons. The smallest absolute Gasteiger partial charge is 0.306 e. The Morgan fingerprint density at radius 2 is 0.569 bits per heavy atom. The van der Waals surface area contributed by atoms with Gasteiger partial charge in [-0.2, -0.15) is 0 Å². The number of hydrogen-bond acceptors (Lipinski definition) is 6. The van der Waals surface area contributed by atoms with Gasteiger partial charge in [0.2, 0.25) is 0 Å². The summed E-state index contributed by atoms with van der Waals surface area (Å²) in [7, 11) is 0. The van der Waals surface area contributed by atoms with Gasteiger partial charge >= 0.3 is 17.9 Å².